The Morgan fingerprint density at radius 1 is 1.38 bits per heavy atom. The third-order valence-corrected chi connectivity index (χ3v) is 3.41. The summed E-state index contributed by atoms with van der Waals surface area (Å²) >= 11 is 2.09. The number of likely N-dealkylation sites (N-methyl/N-ethyl adjacent to an activating group) is 1. The molecule has 0 unspecified atom stereocenters. The van der Waals surface area contributed by atoms with Gasteiger partial charge in [-0.2, -0.15) is 0 Å². The van der Waals surface area contributed by atoms with Gasteiger partial charge in [0.2, 0.25) is 0 Å². The van der Waals surface area contributed by atoms with E-state index in [9.17, 15) is 4.79 Å². The van der Waals surface area contributed by atoms with Crippen LogP contribution in [-0.2, 0) is 0 Å². The predicted octanol–water partition coefficient (Wildman–Crippen LogP) is 1.73. The van der Waals surface area contributed by atoms with Crippen LogP contribution in [0.15, 0.2) is 12.4 Å². The van der Waals surface area contributed by atoms with E-state index in [0.29, 0.717) is 12.4 Å². The number of anilines is 1. The van der Waals surface area contributed by atoms with Gasteiger partial charge in [0.15, 0.2) is 5.82 Å². The van der Waals surface area contributed by atoms with Crippen molar-refractivity contribution in [2.75, 3.05) is 18.5 Å². The third-order valence-electron chi connectivity index (χ3n) is 2.85. The summed E-state index contributed by atoms with van der Waals surface area (Å²) in [4.78, 5) is 23.7. The zero-order valence-corrected chi connectivity index (χ0v) is 11.6. The Morgan fingerprint density at radius 2 is 2.06 bits per heavy atom. The fraction of sp³-hybridized carbons (Fsp3) is 0.500. The van der Waals surface area contributed by atoms with Crippen LogP contribution in [0.25, 0.3) is 0 Å². The minimum absolute atomic E-state index is 0.0273. The van der Waals surface area contributed by atoms with Crippen molar-refractivity contribution in [1.29, 1.82) is 0 Å². The number of aromatic nitrogens is 2. The largest absolute Gasteiger partial charge is 0.326 e. The van der Waals surface area contributed by atoms with Gasteiger partial charge < -0.3 is 4.90 Å². The molecule has 86 valence electrons. The summed E-state index contributed by atoms with van der Waals surface area (Å²) in [5, 5.41) is 0. The Morgan fingerprint density at radius 3 is 2.50 bits per heavy atom. The molecular formula is C10H13IN4O. The number of rotatable bonds is 1. The number of halogens is 1. The van der Waals surface area contributed by atoms with Crippen LogP contribution in [-0.4, -0.2) is 40.0 Å². The van der Waals surface area contributed by atoms with E-state index >= 15 is 0 Å². The maximum absolute atomic E-state index is 12.0. The molecule has 1 aromatic heterocycles. The molecule has 0 radical (unpaired) electrons. The summed E-state index contributed by atoms with van der Waals surface area (Å²) in [6.07, 6.45) is 3.30. The summed E-state index contributed by atoms with van der Waals surface area (Å²) in [5.74, 6) is 0.614. The Bertz CT molecular complexity index is 417. The second-order valence-corrected chi connectivity index (χ2v) is 5.54. The Balaban J connectivity index is 2.30. The number of amides is 2. The fourth-order valence-electron chi connectivity index (χ4n) is 1.62. The maximum atomic E-state index is 12.0. The first-order chi connectivity index (χ1) is 7.42. The van der Waals surface area contributed by atoms with E-state index in [0.717, 1.165) is 3.70 Å². The zero-order valence-electron chi connectivity index (χ0n) is 9.44. The van der Waals surface area contributed by atoms with Crippen LogP contribution in [0.1, 0.15) is 13.8 Å². The summed E-state index contributed by atoms with van der Waals surface area (Å²) in [6.45, 7) is 4.70. The molecule has 1 saturated heterocycles. The molecular weight excluding hydrogens is 319 g/mol. The van der Waals surface area contributed by atoms with Crippen LogP contribution in [0.2, 0.25) is 0 Å². The van der Waals surface area contributed by atoms with E-state index in [2.05, 4.69) is 32.6 Å². The fourth-order valence-corrected chi connectivity index (χ4v) is 1.90. The molecule has 1 aliphatic heterocycles. The topological polar surface area (TPSA) is 49.3 Å². The lowest BCUT2D eigenvalue weighted by Crippen LogP contribution is -2.38. The maximum Gasteiger partial charge on any atom is 0.326 e. The van der Waals surface area contributed by atoms with Gasteiger partial charge in [0.05, 0.1) is 24.5 Å². The van der Waals surface area contributed by atoms with Gasteiger partial charge in [0.1, 0.15) is 3.70 Å². The molecule has 2 rings (SSSR count). The highest BCUT2D eigenvalue weighted by atomic mass is 127. The molecule has 0 N–H and O–H groups in total. The number of nitrogens with zero attached hydrogens (tertiary/aromatic N) is 4. The molecule has 0 spiro atoms. The van der Waals surface area contributed by atoms with E-state index in [1.54, 1.807) is 22.2 Å². The number of hydrogen-bond donors (Lipinski definition) is 0. The summed E-state index contributed by atoms with van der Waals surface area (Å²) in [5.41, 5.74) is -0.165. The Hall–Kier alpha value is -0.920. The molecule has 2 amide bonds. The standard InChI is InChI=1S/C10H13IN4O/c1-10(2)6-15(9(16)14(10)3)8-5-12-7(11)4-13-8/h4-5H,6H2,1-3H3. The van der Waals surface area contributed by atoms with Gasteiger partial charge in [-0.1, -0.05) is 0 Å². The van der Waals surface area contributed by atoms with Crippen LogP contribution in [0.5, 0.6) is 0 Å². The number of urea groups is 1. The van der Waals surface area contributed by atoms with Gasteiger partial charge in [-0.3, -0.25) is 4.90 Å². The first-order valence-electron chi connectivity index (χ1n) is 4.95. The monoisotopic (exact) mass is 332 g/mol. The molecule has 1 aromatic rings. The highest BCUT2D eigenvalue weighted by Crippen LogP contribution is 2.27. The molecule has 16 heavy (non-hydrogen) atoms. The van der Waals surface area contributed by atoms with Crippen LogP contribution < -0.4 is 4.90 Å². The van der Waals surface area contributed by atoms with Gasteiger partial charge in [-0.25, -0.2) is 14.8 Å². The first kappa shape index (κ1) is 11.6. The van der Waals surface area contributed by atoms with Crippen molar-refractivity contribution in [2.24, 2.45) is 0 Å². The van der Waals surface area contributed by atoms with Gasteiger partial charge in [-0.05, 0) is 36.4 Å². The van der Waals surface area contributed by atoms with E-state index in [1.165, 1.54) is 0 Å². The minimum Gasteiger partial charge on any atom is -0.320 e. The molecule has 1 aliphatic rings. The van der Waals surface area contributed by atoms with Crippen molar-refractivity contribution in [3.05, 3.63) is 16.1 Å². The van der Waals surface area contributed by atoms with Crippen molar-refractivity contribution in [2.45, 2.75) is 19.4 Å². The van der Waals surface area contributed by atoms with Crippen LogP contribution >= 0.6 is 22.6 Å². The van der Waals surface area contributed by atoms with Gasteiger partial charge in [-0.15, -0.1) is 0 Å². The minimum atomic E-state index is -0.165. The smallest absolute Gasteiger partial charge is 0.320 e. The quantitative estimate of drug-likeness (QED) is 0.736. The lowest BCUT2D eigenvalue weighted by atomic mass is 10.1. The average Bonchev–Trinajstić information content (AvgIpc) is 2.44. The summed E-state index contributed by atoms with van der Waals surface area (Å²) in [7, 11) is 1.81. The van der Waals surface area contributed by atoms with Crippen molar-refractivity contribution in [1.82, 2.24) is 14.9 Å². The van der Waals surface area contributed by atoms with Gasteiger partial charge in [0, 0.05) is 7.05 Å². The Kier molecular flexibility index (Phi) is 2.77. The van der Waals surface area contributed by atoms with Crippen LogP contribution in [0.4, 0.5) is 10.6 Å². The first-order valence-corrected chi connectivity index (χ1v) is 6.02. The Labute approximate surface area is 108 Å². The average molecular weight is 332 g/mol. The van der Waals surface area contributed by atoms with E-state index in [4.69, 9.17) is 0 Å². The molecule has 5 nitrogen and oxygen atoms in total. The molecule has 0 bridgehead atoms. The molecule has 0 aromatic carbocycles. The normalized spacial score (nSPS) is 19.4. The SMILES string of the molecule is CN1C(=O)N(c2cnc(I)cn2)CC1(C)C. The summed E-state index contributed by atoms with van der Waals surface area (Å²) in [6, 6.07) is -0.0273. The lowest BCUT2D eigenvalue weighted by Gasteiger charge is -2.24. The second-order valence-electron chi connectivity index (χ2n) is 4.44. The van der Waals surface area contributed by atoms with Gasteiger partial charge in [0.25, 0.3) is 0 Å². The van der Waals surface area contributed by atoms with Crippen molar-refractivity contribution < 1.29 is 4.79 Å². The number of hydrogen-bond acceptors (Lipinski definition) is 3. The third kappa shape index (κ3) is 1.85. The highest BCUT2D eigenvalue weighted by Gasteiger charge is 2.41. The van der Waals surface area contributed by atoms with Crippen molar-refractivity contribution in [3.63, 3.8) is 0 Å². The lowest BCUT2D eigenvalue weighted by molar-refractivity contribution is 0.198. The van der Waals surface area contributed by atoms with E-state index in [1.807, 2.05) is 20.9 Å². The molecule has 1 fully saturated rings. The second kappa shape index (κ2) is 3.83. The molecule has 0 saturated carbocycles. The predicted molar refractivity (Wildman–Crippen MR) is 69.3 cm³/mol. The van der Waals surface area contributed by atoms with Crippen molar-refractivity contribution >= 4 is 34.4 Å². The van der Waals surface area contributed by atoms with Crippen LogP contribution in [0.3, 0.4) is 0 Å². The molecule has 0 atom stereocenters. The highest BCUT2D eigenvalue weighted by molar-refractivity contribution is 14.1. The molecule has 6 heteroatoms. The zero-order chi connectivity index (χ0) is 11.9. The number of carbonyl (C=O) groups is 1. The number of carbonyl (C=O) groups excluding carboxylic acids is 1. The molecule has 2 heterocycles. The van der Waals surface area contributed by atoms with Crippen LogP contribution in [0, 0.1) is 3.70 Å². The summed E-state index contributed by atoms with van der Waals surface area (Å²) < 4.78 is 0.820. The molecule has 0 aliphatic carbocycles. The van der Waals surface area contributed by atoms with E-state index < -0.39 is 0 Å². The van der Waals surface area contributed by atoms with Crippen molar-refractivity contribution in [3.8, 4) is 0 Å². The van der Waals surface area contributed by atoms with E-state index in [-0.39, 0.29) is 11.6 Å². The van der Waals surface area contributed by atoms with Gasteiger partial charge >= 0.3 is 6.03 Å².